The Labute approximate surface area is 76.8 Å². The van der Waals surface area contributed by atoms with Crippen LogP contribution in [0.3, 0.4) is 0 Å². The summed E-state index contributed by atoms with van der Waals surface area (Å²) < 4.78 is 1.22. The largest absolute Gasteiger partial charge is 0.185 e. The van der Waals surface area contributed by atoms with Crippen molar-refractivity contribution in [3.63, 3.8) is 0 Å². The number of nitrogens with zero attached hydrogens (tertiary/aromatic N) is 1. The van der Waals surface area contributed by atoms with E-state index >= 15 is 0 Å². The van der Waals surface area contributed by atoms with Crippen LogP contribution in [0.4, 0.5) is 0 Å². The van der Waals surface area contributed by atoms with Gasteiger partial charge in [0.1, 0.15) is 5.40 Å². The van der Waals surface area contributed by atoms with E-state index in [2.05, 4.69) is 28.6 Å². The molecule has 0 saturated heterocycles. The zero-order chi connectivity index (χ0) is 6.41. The van der Waals surface area contributed by atoms with Crippen molar-refractivity contribution in [3.05, 3.63) is 0 Å². The fourth-order valence-corrected chi connectivity index (χ4v) is 3.23. The molecule has 0 unspecified atom stereocenters. The van der Waals surface area contributed by atoms with E-state index < -0.39 is 0 Å². The number of hydrogen-bond donors (Lipinski definition) is 0. The third-order valence-corrected chi connectivity index (χ3v) is 9.01. The van der Waals surface area contributed by atoms with Gasteiger partial charge in [-0.05, 0) is 58.9 Å². The number of thiocyanates is 1. The maximum atomic E-state index is 8.09. The summed E-state index contributed by atoms with van der Waals surface area (Å²) in [5.74, 6) is 0.815. The highest BCUT2D eigenvalue weighted by Gasteiger charge is 1.88. The first-order chi connectivity index (χ1) is 3.81. The van der Waals surface area contributed by atoms with E-state index in [0.717, 1.165) is 5.75 Å². The monoisotopic (exact) mass is 369 g/mol. The molecule has 0 N–H and O–H groups in total. The summed E-state index contributed by atoms with van der Waals surface area (Å²) in [5, 5.41) is 10.1. The van der Waals surface area contributed by atoms with E-state index in [-0.39, 0.29) is 18.5 Å². The fourth-order valence-electron chi connectivity index (χ4n) is 0.107. The van der Waals surface area contributed by atoms with Gasteiger partial charge in [-0.3, -0.25) is 0 Å². The van der Waals surface area contributed by atoms with Gasteiger partial charge in [-0.15, -0.1) is 0 Å². The molecule has 0 aliphatic heterocycles. The molecule has 0 aromatic heterocycles. The van der Waals surface area contributed by atoms with Crippen molar-refractivity contribution in [2.45, 2.75) is 0 Å². The zero-order valence-electron chi connectivity index (χ0n) is 3.70. The van der Waals surface area contributed by atoms with Crippen molar-refractivity contribution in [1.29, 1.82) is 5.26 Å². The zero-order valence-corrected chi connectivity index (χ0v) is 9.84. The lowest BCUT2D eigenvalue weighted by atomic mass is 11.0. The quantitative estimate of drug-likeness (QED) is 0.551. The van der Waals surface area contributed by atoms with Crippen LogP contribution in [0.25, 0.3) is 0 Å². The van der Waals surface area contributed by atoms with Crippen LogP contribution < -0.4 is 0 Å². The molecule has 0 aromatic rings. The minimum Gasteiger partial charge on any atom is -0.185 e. The van der Waals surface area contributed by atoms with Gasteiger partial charge in [0.2, 0.25) is 0 Å². The third kappa shape index (κ3) is 5.54. The Morgan fingerprint density at radius 2 is 2.50 bits per heavy atom. The summed E-state index contributed by atoms with van der Waals surface area (Å²) in [6.07, 6.45) is 0. The number of rotatable bonds is 2. The van der Waals surface area contributed by atoms with Crippen LogP contribution in [0.5, 0.6) is 0 Å². The summed E-state index contributed by atoms with van der Waals surface area (Å²) >= 11 is 7.94. The van der Waals surface area contributed by atoms with Crippen LogP contribution in [0.2, 0.25) is 0 Å². The van der Waals surface area contributed by atoms with Gasteiger partial charge in [-0.25, -0.2) is 0 Å². The second-order valence-electron chi connectivity index (χ2n) is 0.790. The first-order valence-electron chi connectivity index (χ1n) is 1.59. The van der Waals surface area contributed by atoms with Crippen LogP contribution >= 0.6 is 58.9 Å². The molecule has 0 saturated carbocycles. The van der Waals surface area contributed by atoms with Crippen LogP contribution in [0.1, 0.15) is 0 Å². The normalized spacial score (nSPS) is 11.9. The van der Waals surface area contributed by atoms with Crippen molar-refractivity contribution < 1.29 is 0 Å². The van der Waals surface area contributed by atoms with Crippen LogP contribution in [-0.4, -0.2) is 8.17 Å². The smallest absolute Gasteiger partial charge is 0.133 e. The number of thioether (sulfide) groups is 1. The minimum absolute atomic E-state index is 0.00601. The van der Waals surface area contributed by atoms with E-state index in [1.807, 2.05) is 5.40 Å². The summed E-state index contributed by atoms with van der Waals surface area (Å²) in [6, 6.07) is 0. The topological polar surface area (TPSA) is 23.8 Å². The molecule has 0 heterocycles. The highest BCUT2D eigenvalue weighted by Crippen LogP contribution is 2.17. The van der Waals surface area contributed by atoms with E-state index in [9.17, 15) is 0 Å². The summed E-state index contributed by atoms with van der Waals surface area (Å²) in [5.41, 5.74) is 0. The molecule has 0 amide bonds. The highest BCUT2D eigenvalue weighted by molar-refractivity contribution is 14.3. The number of halogens is 3. The maximum absolute atomic E-state index is 8.09. The van der Waals surface area contributed by atoms with Gasteiger partial charge in [0.15, 0.2) is 0 Å². The first-order valence-corrected chi connectivity index (χ1v) is 9.28. The van der Waals surface area contributed by atoms with Crippen molar-refractivity contribution in [3.8, 4) is 5.40 Å². The Bertz CT molecular complexity index is 130. The molecular weight excluding hydrogens is 369 g/mol. The number of hydrogen-bond acceptors (Lipinski definition) is 2. The van der Waals surface area contributed by atoms with Crippen molar-refractivity contribution in [2.75, 3.05) is 5.75 Å². The molecule has 0 rings (SSSR count). The summed E-state index contributed by atoms with van der Waals surface area (Å²) in [4.78, 5) is 0. The van der Waals surface area contributed by atoms with Gasteiger partial charge in [0.25, 0.3) is 0 Å². The molecule has 1 nitrogen and oxygen atoms in total. The maximum Gasteiger partial charge on any atom is 0.133 e. The van der Waals surface area contributed by atoms with Crippen LogP contribution in [0.15, 0.2) is 0 Å². The second kappa shape index (κ2) is 6.52. The Hall–Kier alpha value is 1.40. The summed E-state index contributed by atoms with van der Waals surface area (Å²) in [6.45, 7) is 0. The molecule has 46 valence electrons. The molecule has 0 aromatic carbocycles. The van der Waals surface area contributed by atoms with Crippen LogP contribution in [-0.2, 0) is 0 Å². The predicted octanol–water partition coefficient (Wildman–Crippen LogP) is 3.01. The van der Waals surface area contributed by atoms with Gasteiger partial charge < -0.3 is 0 Å². The first kappa shape index (κ1) is 9.40. The van der Waals surface area contributed by atoms with Crippen molar-refractivity contribution in [1.82, 2.24) is 0 Å². The molecule has 0 bridgehead atoms. The van der Waals surface area contributed by atoms with E-state index in [1.54, 1.807) is 0 Å². The van der Waals surface area contributed by atoms with E-state index in [4.69, 9.17) is 5.26 Å². The van der Waals surface area contributed by atoms with Crippen molar-refractivity contribution >= 4 is 61.3 Å². The molecule has 0 radical (unpaired) electrons. The Kier molecular flexibility index (Phi) is 7.66. The van der Waals surface area contributed by atoms with E-state index in [0.29, 0.717) is 0 Å². The van der Waals surface area contributed by atoms with E-state index in [1.165, 1.54) is 14.2 Å². The number of nitriles is 1. The summed E-state index contributed by atoms with van der Waals surface area (Å²) in [7, 11) is 0. The minimum atomic E-state index is 0.00601. The lowest BCUT2D eigenvalue weighted by Gasteiger charge is -1.84. The molecule has 0 aliphatic carbocycles. The predicted molar refractivity (Wildman–Crippen MR) is 55.0 cm³/mol. The van der Waals surface area contributed by atoms with Gasteiger partial charge in [0.05, 0.1) is 0 Å². The SMILES string of the molecule is N#CSC/C(Br)=I/Br. The van der Waals surface area contributed by atoms with Crippen LogP contribution in [0, 0.1) is 10.7 Å². The molecule has 5 heteroatoms. The molecular formula is C3H2Br2INS. The lowest BCUT2D eigenvalue weighted by Crippen LogP contribution is -1.81. The van der Waals surface area contributed by atoms with Gasteiger partial charge in [0, 0.05) is 8.17 Å². The highest BCUT2D eigenvalue weighted by atomic mass is 127. The molecule has 8 heavy (non-hydrogen) atoms. The van der Waals surface area contributed by atoms with Gasteiger partial charge in [-0.1, -0.05) is 0 Å². The average molecular weight is 371 g/mol. The third-order valence-electron chi connectivity index (χ3n) is 0.323. The average Bonchev–Trinajstić information content (AvgIpc) is 1.83. The fraction of sp³-hybridized carbons (Fsp3) is 0.333. The Morgan fingerprint density at radius 1 is 1.88 bits per heavy atom. The standard InChI is InChI=1S/C3H2Br2INS/c4-3(6-5)1-8-2-7/h1H2. The van der Waals surface area contributed by atoms with Gasteiger partial charge in [-0.2, -0.15) is 5.26 Å². The van der Waals surface area contributed by atoms with Gasteiger partial charge >= 0.3 is 0 Å². The Morgan fingerprint density at radius 3 is 2.88 bits per heavy atom. The lowest BCUT2D eigenvalue weighted by molar-refractivity contribution is 1.57. The molecule has 0 atom stereocenters. The second-order valence-corrected chi connectivity index (χ2v) is 7.71. The molecule has 0 aliphatic rings. The van der Waals surface area contributed by atoms with Crippen molar-refractivity contribution in [2.24, 2.45) is 0 Å². The molecule has 0 fully saturated rings. The molecule has 0 spiro atoms. The Balaban J connectivity index is 3.29.